The summed E-state index contributed by atoms with van der Waals surface area (Å²) in [6, 6.07) is 10.4. The molecule has 3 heteroatoms. The van der Waals surface area contributed by atoms with E-state index < -0.39 is 5.54 Å². The second-order valence-electron chi connectivity index (χ2n) is 6.77. The third-order valence-corrected chi connectivity index (χ3v) is 4.94. The summed E-state index contributed by atoms with van der Waals surface area (Å²) in [6.07, 6.45) is 4.71. The molecule has 0 spiro atoms. The van der Waals surface area contributed by atoms with Crippen molar-refractivity contribution in [3.8, 4) is 0 Å². The number of amides is 1. The van der Waals surface area contributed by atoms with E-state index in [9.17, 15) is 4.79 Å². The van der Waals surface area contributed by atoms with E-state index in [0.717, 1.165) is 18.4 Å². The van der Waals surface area contributed by atoms with E-state index in [1.54, 1.807) is 0 Å². The van der Waals surface area contributed by atoms with Gasteiger partial charge < -0.3 is 5.32 Å². The quantitative estimate of drug-likeness (QED) is 0.923. The van der Waals surface area contributed by atoms with Crippen LogP contribution in [0.2, 0.25) is 0 Å². The Balaban J connectivity index is 2.16. The number of likely N-dealkylation sites (N-methyl/N-ethyl adjacent to an activating group) is 1. The molecule has 0 unspecified atom stereocenters. The standard InChI is InChI=1S/C18H28N2O/c1-14-9-8-12-16(13-14)19-17(21)18(2,20(3)4)15-10-6-5-7-11-15/h5-7,10-11,14,16H,8-9,12-13H2,1-4H3,(H,19,21)/t14-,16-,18+/m1/s1. The number of carbonyl (C=O) groups is 1. The highest BCUT2D eigenvalue weighted by Gasteiger charge is 2.38. The van der Waals surface area contributed by atoms with Crippen molar-refractivity contribution in [2.45, 2.75) is 51.1 Å². The summed E-state index contributed by atoms with van der Waals surface area (Å²) < 4.78 is 0. The lowest BCUT2D eigenvalue weighted by Gasteiger charge is -2.38. The van der Waals surface area contributed by atoms with Crippen molar-refractivity contribution in [1.29, 1.82) is 0 Å². The lowest BCUT2D eigenvalue weighted by atomic mass is 9.85. The minimum atomic E-state index is -0.623. The van der Waals surface area contributed by atoms with Crippen LogP contribution >= 0.6 is 0 Å². The molecule has 0 heterocycles. The Morgan fingerprint density at radius 1 is 1.24 bits per heavy atom. The molecule has 1 saturated carbocycles. The lowest BCUT2D eigenvalue weighted by molar-refractivity contribution is -0.132. The topological polar surface area (TPSA) is 32.3 Å². The number of hydrogen-bond donors (Lipinski definition) is 1. The molecule has 21 heavy (non-hydrogen) atoms. The summed E-state index contributed by atoms with van der Waals surface area (Å²) in [5, 5.41) is 3.29. The normalized spacial score (nSPS) is 25.4. The van der Waals surface area contributed by atoms with E-state index in [1.165, 1.54) is 12.8 Å². The summed E-state index contributed by atoms with van der Waals surface area (Å²) in [6.45, 7) is 4.28. The Morgan fingerprint density at radius 2 is 1.90 bits per heavy atom. The zero-order valence-electron chi connectivity index (χ0n) is 13.7. The molecule has 1 N–H and O–H groups in total. The van der Waals surface area contributed by atoms with Crippen LogP contribution in [0.15, 0.2) is 30.3 Å². The summed E-state index contributed by atoms with van der Waals surface area (Å²) in [4.78, 5) is 14.9. The molecule has 0 bridgehead atoms. The minimum Gasteiger partial charge on any atom is -0.351 e. The SMILES string of the molecule is C[C@@H]1CCC[C@@H](NC(=O)[C@](C)(c2ccccc2)N(C)C)C1. The predicted molar refractivity (Wildman–Crippen MR) is 87.0 cm³/mol. The molecule has 116 valence electrons. The largest absolute Gasteiger partial charge is 0.351 e. The van der Waals surface area contributed by atoms with Gasteiger partial charge in [-0.3, -0.25) is 9.69 Å². The molecule has 0 aromatic heterocycles. The van der Waals surface area contributed by atoms with Crippen molar-refractivity contribution < 1.29 is 4.79 Å². The van der Waals surface area contributed by atoms with Gasteiger partial charge in [0, 0.05) is 6.04 Å². The second-order valence-corrected chi connectivity index (χ2v) is 6.77. The van der Waals surface area contributed by atoms with Crippen molar-refractivity contribution in [3.05, 3.63) is 35.9 Å². The van der Waals surface area contributed by atoms with Gasteiger partial charge in [-0.1, -0.05) is 50.1 Å². The molecule has 1 aromatic carbocycles. The van der Waals surface area contributed by atoms with E-state index in [4.69, 9.17) is 0 Å². The molecule has 3 atom stereocenters. The molecule has 0 aliphatic heterocycles. The monoisotopic (exact) mass is 288 g/mol. The average Bonchev–Trinajstić information content (AvgIpc) is 2.47. The number of carbonyl (C=O) groups excluding carboxylic acids is 1. The van der Waals surface area contributed by atoms with Crippen LogP contribution in [-0.2, 0) is 10.3 Å². The van der Waals surface area contributed by atoms with Gasteiger partial charge in [-0.2, -0.15) is 0 Å². The molecular formula is C18H28N2O. The molecule has 1 aromatic rings. The van der Waals surface area contributed by atoms with Crippen molar-refractivity contribution in [2.24, 2.45) is 5.92 Å². The van der Waals surface area contributed by atoms with Crippen molar-refractivity contribution in [1.82, 2.24) is 10.2 Å². The Bertz CT molecular complexity index is 471. The first kappa shape index (κ1) is 16.0. The van der Waals surface area contributed by atoms with E-state index in [0.29, 0.717) is 12.0 Å². The molecule has 1 aliphatic rings. The summed E-state index contributed by atoms with van der Waals surface area (Å²) in [5.74, 6) is 0.823. The predicted octanol–water partition coefficient (Wildman–Crippen LogP) is 3.16. The Kier molecular flexibility index (Phi) is 5.04. The highest BCUT2D eigenvalue weighted by atomic mass is 16.2. The average molecular weight is 288 g/mol. The molecule has 1 aliphatic carbocycles. The number of hydrogen-bond acceptors (Lipinski definition) is 2. The maximum Gasteiger partial charge on any atom is 0.245 e. The third kappa shape index (κ3) is 3.46. The smallest absolute Gasteiger partial charge is 0.245 e. The van der Waals surface area contributed by atoms with Gasteiger partial charge >= 0.3 is 0 Å². The van der Waals surface area contributed by atoms with Crippen LogP contribution in [0.5, 0.6) is 0 Å². The molecular weight excluding hydrogens is 260 g/mol. The van der Waals surface area contributed by atoms with Gasteiger partial charge in [0.2, 0.25) is 5.91 Å². The van der Waals surface area contributed by atoms with Crippen LogP contribution in [0.1, 0.15) is 45.1 Å². The second kappa shape index (κ2) is 6.61. The summed E-state index contributed by atoms with van der Waals surface area (Å²) >= 11 is 0. The van der Waals surface area contributed by atoms with Gasteiger partial charge in [0.05, 0.1) is 0 Å². The van der Waals surface area contributed by atoms with Crippen LogP contribution in [-0.4, -0.2) is 30.9 Å². The molecule has 0 saturated heterocycles. The van der Waals surface area contributed by atoms with Gasteiger partial charge in [-0.05, 0) is 45.3 Å². The Morgan fingerprint density at radius 3 is 2.48 bits per heavy atom. The van der Waals surface area contributed by atoms with Gasteiger partial charge in [0.1, 0.15) is 5.54 Å². The maximum absolute atomic E-state index is 12.9. The van der Waals surface area contributed by atoms with Gasteiger partial charge in [-0.15, -0.1) is 0 Å². The molecule has 2 rings (SSSR count). The number of nitrogens with zero attached hydrogens (tertiary/aromatic N) is 1. The van der Waals surface area contributed by atoms with Crippen LogP contribution in [0.4, 0.5) is 0 Å². The Hall–Kier alpha value is -1.35. The minimum absolute atomic E-state index is 0.109. The number of nitrogens with one attached hydrogen (secondary N) is 1. The van der Waals surface area contributed by atoms with Crippen molar-refractivity contribution >= 4 is 5.91 Å². The fourth-order valence-electron chi connectivity index (χ4n) is 3.25. The van der Waals surface area contributed by atoms with E-state index in [1.807, 2.05) is 56.3 Å². The molecule has 1 amide bonds. The van der Waals surface area contributed by atoms with Crippen LogP contribution in [0, 0.1) is 5.92 Å². The van der Waals surface area contributed by atoms with Crippen LogP contribution in [0.3, 0.4) is 0 Å². The molecule has 3 nitrogen and oxygen atoms in total. The zero-order chi connectivity index (χ0) is 15.5. The molecule has 1 fully saturated rings. The fraction of sp³-hybridized carbons (Fsp3) is 0.611. The first-order valence-electron chi connectivity index (χ1n) is 7.98. The van der Waals surface area contributed by atoms with E-state index >= 15 is 0 Å². The van der Waals surface area contributed by atoms with E-state index in [2.05, 4.69) is 12.2 Å². The van der Waals surface area contributed by atoms with Crippen molar-refractivity contribution in [2.75, 3.05) is 14.1 Å². The van der Waals surface area contributed by atoms with Crippen LogP contribution < -0.4 is 5.32 Å². The maximum atomic E-state index is 12.9. The highest BCUT2D eigenvalue weighted by molar-refractivity contribution is 5.87. The number of rotatable bonds is 4. The fourth-order valence-corrected chi connectivity index (χ4v) is 3.25. The first-order chi connectivity index (χ1) is 9.94. The van der Waals surface area contributed by atoms with Gasteiger partial charge in [0.15, 0.2) is 0 Å². The van der Waals surface area contributed by atoms with Gasteiger partial charge in [-0.25, -0.2) is 0 Å². The van der Waals surface area contributed by atoms with Gasteiger partial charge in [0.25, 0.3) is 0 Å². The summed E-state index contributed by atoms with van der Waals surface area (Å²) in [5.41, 5.74) is 0.415. The van der Waals surface area contributed by atoms with Crippen molar-refractivity contribution in [3.63, 3.8) is 0 Å². The first-order valence-corrected chi connectivity index (χ1v) is 7.98. The number of benzene rings is 1. The van der Waals surface area contributed by atoms with E-state index in [-0.39, 0.29) is 5.91 Å². The zero-order valence-corrected chi connectivity index (χ0v) is 13.7. The third-order valence-electron chi connectivity index (χ3n) is 4.94. The summed E-state index contributed by atoms with van der Waals surface area (Å²) in [7, 11) is 3.94. The molecule has 0 radical (unpaired) electrons. The van der Waals surface area contributed by atoms with Crippen LogP contribution in [0.25, 0.3) is 0 Å². The Labute approximate surface area is 128 Å². The highest BCUT2D eigenvalue weighted by Crippen LogP contribution is 2.28. The lowest BCUT2D eigenvalue weighted by Crippen LogP contribution is -2.54.